The molecule has 3 rings (SSSR count). The number of hydrogen-bond donors (Lipinski definition) is 1. The number of alkyl halides is 3. The highest BCUT2D eigenvalue weighted by Gasteiger charge is 2.33. The van der Waals surface area contributed by atoms with Gasteiger partial charge in [0.2, 0.25) is 11.8 Å². The lowest BCUT2D eigenvalue weighted by molar-refractivity contribution is -0.137. The maximum absolute atomic E-state index is 13.1. The maximum atomic E-state index is 13.1. The molecule has 0 atom stereocenters. The number of halogens is 3. The lowest BCUT2D eigenvalue weighted by atomic mass is 10.1. The highest BCUT2D eigenvalue weighted by Crippen LogP contribution is 2.34. The second-order valence-electron chi connectivity index (χ2n) is 6.70. The first kappa shape index (κ1) is 24.1. The summed E-state index contributed by atoms with van der Waals surface area (Å²) >= 11 is 0.970. The molecule has 174 valence electrons. The molecule has 0 aliphatic carbocycles. The molecule has 0 saturated carbocycles. The van der Waals surface area contributed by atoms with Gasteiger partial charge in [0, 0.05) is 7.05 Å². The van der Waals surface area contributed by atoms with E-state index in [4.69, 9.17) is 9.15 Å². The van der Waals surface area contributed by atoms with Crippen LogP contribution in [0.25, 0.3) is 11.5 Å². The summed E-state index contributed by atoms with van der Waals surface area (Å²) in [5.41, 5.74) is -0.747. The van der Waals surface area contributed by atoms with Crippen LogP contribution in [-0.4, -0.2) is 53.4 Å². The number of nitrogens with zero attached hydrogens (tertiary/aromatic N) is 3. The fourth-order valence-corrected chi connectivity index (χ4v) is 3.47. The summed E-state index contributed by atoms with van der Waals surface area (Å²) in [4.78, 5) is 25.6. The van der Waals surface area contributed by atoms with Crippen molar-refractivity contribution >= 4 is 29.3 Å². The predicted octanol–water partition coefficient (Wildman–Crippen LogP) is 3.95. The van der Waals surface area contributed by atoms with Crippen LogP contribution in [0.3, 0.4) is 0 Å². The van der Waals surface area contributed by atoms with Crippen LogP contribution >= 0.6 is 11.8 Å². The molecule has 0 saturated heterocycles. The Bertz CT molecular complexity index is 1140. The highest BCUT2D eigenvalue weighted by atomic mass is 32.2. The van der Waals surface area contributed by atoms with Gasteiger partial charge in [-0.3, -0.25) is 9.59 Å². The number of methoxy groups -OCH3 is 1. The monoisotopic (exact) mass is 480 g/mol. The molecular weight excluding hydrogens is 461 g/mol. The Kier molecular flexibility index (Phi) is 7.59. The molecule has 1 aromatic heterocycles. The van der Waals surface area contributed by atoms with Crippen LogP contribution in [0.5, 0.6) is 5.75 Å². The van der Waals surface area contributed by atoms with E-state index in [1.165, 1.54) is 26.3 Å². The molecular formula is C21H19F3N4O4S. The SMILES string of the molecule is COc1ccccc1-c1nnc(SCC(=O)N(C)CC(=O)Nc2ccccc2C(F)(F)F)o1. The number of ether oxygens (including phenoxy) is 1. The van der Waals surface area contributed by atoms with Gasteiger partial charge in [-0.1, -0.05) is 36.0 Å². The van der Waals surface area contributed by atoms with Crippen LogP contribution in [0.2, 0.25) is 0 Å². The van der Waals surface area contributed by atoms with Gasteiger partial charge < -0.3 is 19.4 Å². The maximum Gasteiger partial charge on any atom is 0.418 e. The number of anilines is 1. The number of carbonyl (C=O) groups excluding carboxylic acids is 2. The van der Waals surface area contributed by atoms with Crippen LogP contribution in [-0.2, 0) is 15.8 Å². The van der Waals surface area contributed by atoms with Crippen LogP contribution in [0.4, 0.5) is 18.9 Å². The molecule has 2 amide bonds. The highest BCUT2D eigenvalue weighted by molar-refractivity contribution is 7.99. The van der Waals surface area contributed by atoms with Crippen LogP contribution in [0, 0.1) is 0 Å². The van der Waals surface area contributed by atoms with Crippen molar-refractivity contribution in [2.45, 2.75) is 11.4 Å². The molecule has 0 bridgehead atoms. The second-order valence-corrected chi connectivity index (χ2v) is 7.63. The molecule has 1 N–H and O–H groups in total. The summed E-state index contributed by atoms with van der Waals surface area (Å²) in [7, 11) is 2.88. The Balaban J connectivity index is 1.55. The Morgan fingerprint density at radius 1 is 1.12 bits per heavy atom. The molecule has 8 nitrogen and oxygen atoms in total. The Labute approximate surface area is 191 Å². The average Bonchev–Trinajstić information content (AvgIpc) is 3.25. The summed E-state index contributed by atoms with van der Waals surface area (Å²) in [5, 5.41) is 10.2. The van der Waals surface area contributed by atoms with Gasteiger partial charge in [-0.2, -0.15) is 13.2 Å². The number of likely N-dealkylation sites (N-methyl/N-ethyl adjacent to an activating group) is 1. The predicted molar refractivity (Wildman–Crippen MR) is 115 cm³/mol. The Morgan fingerprint density at radius 3 is 2.55 bits per heavy atom. The minimum Gasteiger partial charge on any atom is -0.496 e. The lowest BCUT2D eigenvalue weighted by Crippen LogP contribution is -2.36. The number of thioether (sulfide) groups is 1. The van der Waals surface area contributed by atoms with Gasteiger partial charge in [-0.25, -0.2) is 0 Å². The van der Waals surface area contributed by atoms with E-state index in [-0.39, 0.29) is 22.6 Å². The quantitative estimate of drug-likeness (QED) is 0.488. The van der Waals surface area contributed by atoms with Crippen LogP contribution in [0.15, 0.2) is 58.2 Å². The third-order valence-electron chi connectivity index (χ3n) is 4.38. The van der Waals surface area contributed by atoms with E-state index in [9.17, 15) is 22.8 Å². The second kappa shape index (κ2) is 10.4. The van der Waals surface area contributed by atoms with Gasteiger partial charge in [0.1, 0.15) is 5.75 Å². The van der Waals surface area contributed by atoms with Gasteiger partial charge >= 0.3 is 6.18 Å². The standard InChI is InChI=1S/C21H19F3N4O4S/c1-28(11-17(29)25-15-9-5-4-8-14(15)21(22,23)24)18(30)12-33-20-27-26-19(32-20)13-7-3-6-10-16(13)31-2/h3-10H,11-12H2,1-2H3,(H,25,29). The number of amides is 2. The van der Waals surface area contributed by atoms with Crippen molar-refractivity contribution in [1.82, 2.24) is 15.1 Å². The van der Waals surface area contributed by atoms with Crippen molar-refractivity contribution in [2.75, 3.05) is 31.8 Å². The smallest absolute Gasteiger partial charge is 0.418 e. The van der Waals surface area contributed by atoms with Crippen LogP contribution in [0.1, 0.15) is 5.56 Å². The fraction of sp³-hybridized carbons (Fsp3) is 0.238. The number of para-hydroxylation sites is 2. The molecule has 2 aromatic carbocycles. The fourth-order valence-electron chi connectivity index (χ4n) is 2.76. The Hall–Kier alpha value is -3.54. The first-order chi connectivity index (χ1) is 15.7. The lowest BCUT2D eigenvalue weighted by Gasteiger charge is -2.18. The molecule has 0 radical (unpaired) electrons. The third-order valence-corrected chi connectivity index (χ3v) is 5.18. The summed E-state index contributed by atoms with van der Waals surface area (Å²) in [6, 6.07) is 11.7. The summed E-state index contributed by atoms with van der Waals surface area (Å²) in [6.07, 6.45) is -4.62. The van der Waals surface area contributed by atoms with Crippen molar-refractivity contribution in [3.8, 4) is 17.2 Å². The summed E-state index contributed by atoms with van der Waals surface area (Å²) in [5.74, 6) is -0.554. The molecule has 3 aromatic rings. The van der Waals surface area contributed by atoms with E-state index in [1.807, 2.05) is 0 Å². The van der Waals surface area contributed by atoms with E-state index >= 15 is 0 Å². The minimum atomic E-state index is -4.62. The van der Waals surface area contributed by atoms with Crippen molar-refractivity contribution in [1.29, 1.82) is 0 Å². The first-order valence-electron chi connectivity index (χ1n) is 9.48. The number of aromatic nitrogens is 2. The topological polar surface area (TPSA) is 97.6 Å². The molecule has 1 heterocycles. The van der Waals surface area contributed by atoms with Gasteiger partial charge in [0.25, 0.3) is 11.1 Å². The summed E-state index contributed by atoms with van der Waals surface area (Å²) in [6.45, 7) is -0.429. The van der Waals surface area contributed by atoms with Gasteiger partial charge in [0.15, 0.2) is 0 Å². The number of nitrogens with one attached hydrogen (secondary N) is 1. The average molecular weight is 480 g/mol. The zero-order valence-electron chi connectivity index (χ0n) is 17.5. The molecule has 0 spiro atoms. The zero-order chi connectivity index (χ0) is 24.0. The number of hydrogen-bond acceptors (Lipinski definition) is 7. The van der Waals surface area contributed by atoms with E-state index in [2.05, 4.69) is 15.5 Å². The van der Waals surface area contributed by atoms with E-state index in [0.29, 0.717) is 11.3 Å². The Morgan fingerprint density at radius 2 is 1.82 bits per heavy atom. The molecule has 12 heteroatoms. The first-order valence-corrected chi connectivity index (χ1v) is 10.5. The normalized spacial score (nSPS) is 11.2. The zero-order valence-corrected chi connectivity index (χ0v) is 18.4. The summed E-state index contributed by atoms with van der Waals surface area (Å²) < 4.78 is 50.0. The van der Waals surface area contributed by atoms with E-state index < -0.39 is 30.1 Å². The van der Waals surface area contributed by atoms with Crippen molar-refractivity contribution < 1.29 is 31.9 Å². The van der Waals surface area contributed by atoms with Gasteiger partial charge in [-0.15, -0.1) is 10.2 Å². The molecule has 0 fully saturated rings. The van der Waals surface area contributed by atoms with E-state index in [0.717, 1.165) is 28.8 Å². The number of carbonyl (C=O) groups is 2. The van der Waals surface area contributed by atoms with Crippen molar-refractivity contribution in [2.24, 2.45) is 0 Å². The van der Waals surface area contributed by atoms with Crippen LogP contribution < -0.4 is 10.1 Å². The number of rotatable bonds is 8. The molecule has 0 aliphatic rings. The van der Waals surface area contributed by atoms with Gasteiger partial charge in [-0.05, 0) is 24.3 Å². The molecule has 33 heavy (non-hydrogen) atoms. The molecule has 0 unspecified atom stereocenters. The van der Waals surface area contributed by atoms with Crippen molar-refractivity contribution in [3.63, 3.8) is 0 Å². The van der Waals surface area contributed by atoms with E-state index in [1.54, 1.807) is 24.3 Å². The minimum absolute atomic E-state index is 0.115. The van der Waals surface area contributed by atoms with Crippen molar-refractivity contribution in [3.05, 3.63) is 54.1 Å². The third kappa shape index (κ3) is 6.25. The number of benzene rings is 2. The van der Waals surface area contributed by atoms with Gasteiger partial charge in [0.05, 0.1) is 36.2 Å². The largest absolute Gasteiger partial charge is 0.496 e. The molecule has 0 aliphatic heterocycles.